The molecule has 0 unspecified atom stereocenters. The Morgan fingerprint density at radius 1 is 1.56 bits per heavy atom. The average Bonchev–Trinajstić information content (AvgIpc) is 2.75. The molecule has 5 nitrogen and oxygen atoms in total. The summed E-state index contributed by atoms with van der Waals surface area (Å²) in [6.45, 7) is 1.72. The van der Waals surface area contributed by atoms with Crippen molar-refractivity contribution in [2.75, 3.05) is 0 Å². The average molecular weight is 267 g/mol. The van der Waals surface area contributed by atoms with Crippen LogP contribution < -0.4 is 5.32 Å². The van der Waals surface area contributed by atoms with Crippen molar-refractivity contribution in [3.63, 3.8) is 0 Å². The van der Waals surface area contributed by atoms with Crippen molar-refractivity contribution in [2.45, 2.75) is 18.4 Å². The Labute approximate surface area is 108 Å². The number of nitrogens with one attached hydrogen (secondary N) is 1. The van der Waals surface area contributed by atoms with E-state index in [9.17, 15) is 9.18 Å². The van der Waals surface area contributed by atoms with Crippen LogP contribution in [0.2, 0.25) is 0 Å². The number of nitrogens with zero attached hydrogens (tertiary/aromatic N) is 2. The highest BCUT2D eigenvalue weighted by molar-refractivity contribution is 7.80. The van der Waals surface area contributed by atoms with Crippen LogP contribution in [0.3, 0.4) is 0 Å². The Morgan fingerprint density at radius 3 is 3.00 bits per heavy atom. The molecule has 94 valence electrons. The van der Waals surface area contributed by atoms with Crippen LogP contribution in [0.1, 0.15) is 22.1 Å². The fourth-order valence-corrected chi connectivity index (χ4v) is 1.56. The molecule has 0 saturated heterocycles. The Hall–Kier alpha value is -1.89. The first-order valence-corrected chi connectivity index (χ1v) is 5.57. The van der Waals surface area contributed by atoms with Gasteiger partial charge in [-0.05, 0) is 18.2 Å². The highest BCUT2D eigenvalue weighted by Gasteiger charge is 2.12. The quantitative estimate of drug-likeness (QED) is 0.831. The highest BCUT2D eigenvalue weighted by Crippen LogP contribution is 2.13. The summed E-state index contributed by atoms with van der Waals surface area (Å²) in [5, 5.41) is 6.11. The maximum absolute atomic E-state index is 13.4. The molecule has 0 aliphatic rings. The van der Waals surface area contributed by atoms with E-state index in [1.165, 1.54) is 18.2 Å². The first-order valence-electron chi connectivity index (χ1n) is 5.12. The normalized spacial score (nSPS) is 10.4. The number of thiol groups is 1. The summed E-state index contributed by atoms with van der Waals surface area (Å²) in [7, 11) is 0. The SMILES string of the molecule is Cc1nc(CNC(=O)c2cc(S)ccc2F)no1. The number of hydrogen-bond donors (Lipinski definition) is 2. The van der Waals surface area contributed by atoms with Crippen LogP contribution in [0.5, 0.6) is 0 Å². The number of aromatic nitrogens is 2. The van der Waals surface area contributed by atoms with Crippen molar-refractivity contribution >= 4 is 18.5 Å². The van der Waals surface area contributed by atoms with E-state index < -0.39 is 11.7 Å². The molecule has 0 atom stereocenters. The number of benzene rings is 1. The summed E-state index contributed by atoms with van der Waals surface area (Å²) in [5.74, 6) is -0.411. The number of hydrogen-bond acceptors (Lipinski definition) is 5. The third-order valence-corrected chi connectivity index (χ3v) is 2.45. The fraction of sp³-hybridized carbons (Fsp3) is 0.182. The van der Waals surface area contributed by atoms with Gasteiger partial charge in [0.2, 0.25) is 5.89 Å². The van der Waals surface area contributed by atoms with E-state index in [0.29, 0.717) is 16.6 Å². The van der Waals surface area contributed by atoms with Gasteiger partial charge in [0.05, 0.1) is 12.1 Å². The maximum atomic E-state index is 13.4. The Kier molecular flexibility index (Phi) is 3.61. The first kappa shape index (κ1) is 12.6. The van der Waals surface area contributed by atoms with E-state index in [1.807, 2.05) is 0 Å². The van der Waals surface area contributed by atoms with Crippen molar-refractivity contribution in [3.05, 3.63) is 41.3 Å². The van der Waals surface area contributed by atoms with Crippen LogP contribution in [0.15, 0.2) is 27.6 Å². The van der Waals surface area contributed by atoms with Gasteiger partial charge in [-0.25, -0.2) is 4.39 Å². The molecule has 0 aliphatic heterocycles. The van der Waals surface area contributed by atoms with Gasteiger partial charge in [-0.2, -0.15) is 4.98 Å². The molecule has 1 heterocycles. The molecule has 0 radical (unpaired) electrons. The zero-order chi connectivity index (χ0) is 13.1. The third kappa shape index (κ3) is 2.86. The molecule has 1 aromatic carbocycles. The van der Waals surface area contributed by atoms with Gasteiger partial charge in [-0.15, -0.1) is 12.6 Å². The van der Waals surface area contributed by atoms with Gasteiger partial charge in [0.1, 0.15) is 5.82 Å². The van der Waals surface area contributed by atoms with E-state index in [0.717, 1.165) is 0 Å². The second kappa shape index (κ2) is 5.18. The number of aryl methyl sites for hydroxylation is 1. The van der Waals surface area contributed by atoms with Crippen LogP contribution in [0.4, 0.5) is 4.39 Å². The van der Waals surface area contributed by atoms with E-state index in [-0.39, 0.29) is 12.1 Å². The standard InChI is InChI=1S/C11H10FN3O2S/c1-6-14-10(15-17-6)5-13-11(16)8-4-7(18)2-3-9(8)12/h2-4,18H,5H2,1H3,(H,13,16). The van der Waals surface area contributed by atoms with Crippen molar-refractivity contribution in [2.24, 2.45) is 0 Å². The van der Waals surface area contributed by atoms with Gasteiger partial charge in [-0.3, -0.25) is 4.79 Å². The van der Waals surface area contributed by atoms with Crippen LogP contribution in [0.25, 0.3) is 0 Å². The van der Waals surface area contributed by atoms with Gasteiger partial charge in [0.15, 0.2) is 5.82 Å². The molecule has 0 fully saturated rings. The molecule has 2 rings (SSSR count). The second-order valence-electron chi connectivity index (χ2n) is 3.58. The van der Waals surface area contributed by atoms with Crippen molar-refractivity contribution in [3.8, 4) is 0 Å². The minimum atomic E-state index is -0.602. The number of amides is 1. The lowest BCUT2D eigenvalue weighted by molar-refractivity contribution is 0.0945. The van der Waals surface area contributed by atoms with Gasteiger partial charge in [0, 0.05) is 11.8 Å². The minimum Gasteiger partial charge on any atom is -0.345 e. The summed E-state index contributed by atoms with van der Waals surface area (Å²) < 4.78 is 18.2. The largest absolute Gasteiger partial charge is 0.345 e. The van der Waals surface area contributed by atoms with Gasteiger partial charge < -0.3 is 9.84 Å². The Balaban J connectivity index is 2.05. The number of carbonyl (C=O) groups is 1. The Morgan fingerprint density at radius 2 is 2.33 bits per heavy atom. The molecule has 0 bridgehead atoms. The number of rotatable bonds is 3. The summed E-state index contributed by atoms with van der Waals surface area (Å²) >= 11 is 4.05. The van der Waals surface area contributed by atoms with E-state index in [2.05, 4.69) is 28.1 Å². The second-order valence-corrected chi connectivity index (χ2v) is 4.09. The van der Waals surface area contributed by atoms with Crippen LogP contribution in [0, 0.1) is 12.7 Å². The minimum absolute atomic E-state index is 0.0669. The van der Waals surface area contributed by atoms with Gasteiger partial charge in [-0.1, -0.05) is 5.16 Å². The molecule has 1 N–H and O–H groups in total. The molecule has 0 spiro atoms. The third-order valence-electron chi connectivity index (χ3n) is 2.17. The molecule has 1 amide bonds. The Bertz CT molecular complexity index is 585. The molecule has 0 saturated carbocycles. The van der Waals surface area contributed by atoms with Gasteiger partial charge in [0.25, 0.3) is 5.91 Å². The van der Waals surface area contributed by atoms with Crippen LogP contribution in [-0.4, -0.2) is 16.0 Å². The smallest absolute Gasteiger partial charge is 0.254 e. The maximum Gasteiger partial charge on any atom is 0.254 e. The van der Waals surface area contributed by atoms with Crippen LogP contribution >= 0.6 is 12.6 Å². The highest BCUT2D eigenvalue weighted by atomic mass is 32.1. The first-order chi connectivity index (χ1) is 8.56. The zero-order valence-corrected chi connectivity index (χ0v) is 10.4. The molecule has 1 aromatic heterocycles. The zero-order valence-electron chi connectivity index (χ0n) is 9.48. The van der Waals surface area contributed by atoms with Gasteiger partial charge >= 0.3 is 0 Å². The van der Waals surface area contributed by atoms with Crippen molar-refractivity contribution < 1.29 is 13.7 Å². The summed E-state index contributed by atoms with van der Waals surface area (Å²) in [5.41, 5.74) is -0.0669. The molecule has 0 aliphatic carbocycles. The van der Waals surface area contributed by atoms with E-state index >= 15 is 0 Å². The molecular formula is C11H10FN3O2S. The predicted molar refractivity (Wildman–Crippen MR) is 63.9 cm³/mol. The topological polar surface area (TPSA) is 68.0 Å². The van der Waals surface area contributed by atoms with Crippen molar-refractivity contribution in [1.29, 1.82) is 0 Å². The summed E-state index contributed by atoms with van der Waals surface area (Å²) in [6.07, 6.45) is 0. The van der Waals surface area contributed by atoms with Crippen molar-refractivity contribution in [1.82, 2.24) is 15.5 Å². The molecule has 18 heavy (non-hydrogen) atoms. The molecular weight excluding hydrogens is 257 g/mol. The summed E-state index contributed by atoms with van der Waals surface area (Å²) in [6, 6.07) is 4.02. The molecule has 7 heteroatoms. The summed E-state index contributed by atoms with van der Waals surface area (Å²) in [4.78, 5) is 16.2. The molecule has 2 aromatic rings. The lowest BCUT2D eigenvalue weighted by Gasteiger charge is -2.04. The monoisotopic (exact) mass is 267 g/mol. The fourth-order valence-electron chi connectivity index (χ4n) is 1.35. The lowest BCUT2D eigenvalue weighted by Crippen LogP contribution is -2.24. The van der Waals surface area contributed by atoms with E-state index in [1.54, 1.807) is 6.92 Å². The number of carbonyl (C=O) groups excluding carboxylic acids is 1. The predicted octanol–water partition coefficient (Wildman–Crippen LogP) is 1.74. The number of halogens is 1. The lowest BCUT2D eigenvalue weighted by atomic mass is 10.2. The van der Waals surface area contributed by atoms with E-state index in [4.69, 9.17) is 4.52 Å². The van der Waals surface area contributed by atoms with Crippen LogP contribution in [-0.2, 0) is 6.54 Å².